The molecule has 0 aliphatic heterocycles. The Morgan fingerprint density at radius 2 is 2.50 bits per heavy atom. The summed E-state index contributed by atoms with van der Waals surface area (Å²) >= 11 is 0. The average Bonchev–Trinajstić information content (AvgIpc) is 2.03. The first-order chi connectivity index (χ1) is 5.68. The van der Waals surface area contributed by atoms with Crippen LogP contribution in [-0.4, -0.2) is 28.8 Å². The lowest BCUT2D eigenvalue weighted by Gasteiger charge is -2.17. The second kappa shape index (κ2) is 4.11. The molecule has 0 aromatic heterocycles. The molecule has 0 saturated heterocycles. The number of carboxylic acid groups (broad SMARTS) is 1. The number of nitrogens with one attached hydrogen (secondary N) is 1. The van der Waals surface area contributed by atoms with Gasteiger partial charge in [0, 0.05) is 5.70 Å². The lowest BCUT2D eigenvalue weighted by Crippen LogP contribution is -2.25. The molecule has 0 amide bonds. The minimum Gasteiger partial charge on any atom is -0.480 e. The number of aliphatic hydroxyl groups excluding tert-OH is 1. The summed E-state index contributed by atoms with van der Waals surface area (Å²) in [6.45, 7) is -0.0398. The quantitative estimate of drug-likeness (QED) is 0.563. The van der Waals surface area contributed by atoms with Gasteiger partial charge in [0.1, 0.15) is 6.54 Å². The van der Waals surface area contributed by atoms with Crippen molar-refractivity contribution < 1.29 is 15.0 Å². The fourth-order valence-electron chi connectivity index (χ4n) is 1.17. The summed E-state index contributed by atoms with van der Waals surface area (Å²) in [5.74, 6) is -0.859. The molecule has 4 heteroatoms. The van der Waals surface area contributed by atoms with Crippen LogP contribution in [0, 0.1) is 0 Å². The standard InChI is InChI=1S/C8H13NO3/c10-7-3-1-6(2-4-7)9-5-8(11)12/h1,7,9-10H,2-5H2,(H,11,12). The summed E-state index contributed by atoms with van der Waals surface area (Å²) in [5, 5.41) is 20.3. The van der Waals surface area contributed by atoms with Gasteiger partial charge in [0.2, 0.25) is 0 Å². The van der Waals surface area contributed by atoms with Gasteiger partial charge in [-0.25, -0.2) is 0 Å². The van der Waals surface area contributed by atoms with E-state index >= 15 is 0 Å². The van der Waals surface area contributed by atoms with Gasteiger partial charge in [0.05, 0.1) is 6.10 Å². The van der Waals surface area contributed by atoms with Gasteiger partial charge in [0.15, 0.2) is 0 Å². The van der Waals surface area contributed by atoms with Crippen LogP contribution in [0.1, 0.15) is 19.3 Å². The molecule has 0 saturated carbocycles. The van der Waals surface area contributed by atoms with Crippen molar-refractivity contribution in [3.8, 4) is 0 Å². The molecule has 12 heavy (non-hydrogen) atoms. The van der Waals surface area contributed by atoms with Crippen molar-refractivity contribution in [2.75, 3.05) is 6.54 Å². The van der Waals surface area contributed by atoms with Crippen LogP contribution in [0.25, 0.3) is 0 Å². The number of allylic oxidation sites excluding steroid dienone is 1. The predicted octanol–water partition coefficient (Wildman–Crippen LogP) is 0.0893. The summed E-state index contributed by atoms with van der Waals surface area (Å²) in [6, 6.07) is 0. The highest BCUT2D eigenvalue weighted by Gasteiger charge is 2.11. The zero-order chi connectivity index (χ0) is 8.97. The Morgan fingerprint density at radius 1 is 1.75 bits per heavy atom. The molecule has 0 radical (unpaired) electrons. The van der Waals surface area contributed by atoms with Gasteiger partial charge in [-0.15, -0.1) is 0 Å². The van der Waals surface area contributed by atoms with Gasteiger partial charge in [-0.2, -0.15) is 0 Å². The molecule has 1 unspecified atom stereocenters. The summed E-state index contributed by atoms with van der Waals surface area (Å²) < 4.78 is 0. The molecule has 0 heterocycles. The molecule has 1 aliphatic rings. The third-order valence-corrected chi connectivity index (χ3v) is 1.85. The van der Waals surface area contributed by atoms with E-state index in [2.05, 4.69) is 5.32 Å². The van der Waals surface area contributed by atoms with E-state index in [4.69, 9.17) is 10.2 Å². The van der Waals surface area contributed by atoms with E-state index < -0.39 is 5.97 Å². The van der Waals surface area contributed by atoms with Crippen molar-refractivity contribution >= 4 is 5.97 Å². The molecule has 3 N–H and O–H groups in total. The highest BCUT2D eigenvalue weighted by molar-refractivity contribution is 5.69. The smallest absolute Gasteiger partial charge is 0.322 e. The monoisotopic (exact) mass is 171 g/mol. The fraction of sp³-hybridized carbons (Fsp3) is 0.625. The molecule has 0 aromatic carbocycles. The first-order valence-electron chi connectivity index (χ1n) is 4.01. The van der Waals surface area contributed by atoms with E-state index in [9.17, 15) is 4.79 Å². The SMILES string of the molecule is O=C(O)CNC1=CCC(O)CC1. The molecule has 1 aliphatic carbocycles. The lowest BCUT2D eigenvalue weighted by molar-refractivity contribution is -0.135. The van der Waals surface area contributed by atoms with Crippen LogP contribution in [0.3, 0.4) is 0 Å². The van der Waals surface area contributed by atoms with Crippen molar-refractivity contribution in [3.05, 3.63) is 11.8 Å². The Morgan fingerprint density at radius 3 is 3.00 bits per heavy atom. The lowest BCUT2D eigenvalue weighted by atomic mass is 10.0. The summed E-state index contributed by atoms with van der Waals surface area (Å²) in [6.07, 6.45) is 3.70. The third kappa shape index (κ3) is 2.92. The maximum atomic E-state index is 10.2. The molecule has 1 atom stereocenters. The van der Waals surface area contributed by atoms with E-state index in [-0.39, 0.29) is 12.6 Å². The first-order valence-corrected chi connectivity index (χ1v) is 4.01. The molecule has 0 spiro atoms. The predicted molar refractivity (Wildman–Crippen MR) is 43.6 cm³/mol. The second-order valence-corrected chi connectivity index (χ2v) is 2.90. The van der Waals surface area contributed by atoms with Gasteiger partial charge < -0.3 is 15.5 Å². The number of hydrogen-bond acceptors (Lipinski definition) is 3. The molecule has 0 bridgehead atoms. The molecule has 68 valence electrons. The number of aliphatic hydroxyl groups is 1. The van der Waals surface area contributed by atoms with E-state index in [1.54, 1.807) is 0 Å². The third-order valence-electron chi connectivity index (χ3n) is 1.85. The number of aliphatic carboxylic acids is 1. The van der Waals surface area contributed by atoms with Gasteiger partial charge in [-0.1, -0.05) is 6.08 Å². The minimum absolute atomic E-state index is 0.0398. The van der Waals surface area contributed by atoms with E-state index in [0.717, 1.165) is 18.5 Å². The van der Waals surface area contributed by atoms with Crippen molar-refractivity contribution in [2.45, 2.75) is 25.4 Å². The van der Waals surface area contributed by atoms with Crippen LogP contribution < -0.4 is 5.32 Å². The van der Waals surface area contributed by atoms with Gasteiger partial charge in [0.25, 0.3) is 0 Å². The average molecular weight is 171 g/mol. The van der Waals surface area contributed by atoms with Gasteiger partial charge in [-0.3, -0.25) is 4.79 Å². The molecule has 4 nitrogen and oxygen atoms in total. The largest absolute Gasteiger partial charge is 0.480 e. The molecule has 0 aromatic rings. The fourth-order valence-corrected chi connectivity index (χ4v) is 1.17. The number of carbonyl (C=O) groups is 1. The Kier molecular flexibility index (Phi) is 3.10. The number of hydrogen-bond donors (Lipinski definition) is 3. The maximum Gasteiger partial charge on any atom is 0.322 e. The molecule has 0 fully saturated rings. The van der Waals surface area contributed by atoms with Crippen LogP contribution >= 0.6 is 0 Å². The highest BCUT2D eigenvalue weighted by atomic mass is 16.4. The van der Waals surface area contributed by atoms with Crippen molar-refractivity contribution in [3.63, 3.8) is 0 Å². The maximum absolute atomic E-state index is 10.2. The van der Waals surface area contributed by atoms with Crippen LogP contribution in [0.15, 0.2) is 11.8 Å². The second-order valence-electron chi connectivity index (χ2n) is 2.90. The van der Waals surface area contributed by atoms with Crippen LogP contribution in [0.4, 0.5) is 0 Å². The topological polar surface area (TPSA) is 69.6 Å². The highest BCUT2D eigenvalue weighted by Crippen LogP contribution is 2.15. The van der Waals surface area contributed by atoms with Gasteiger partial charge >= 0.3 is 5.97 Å². The Hall–Kier alpha value is -1.03. The zero-order valence-electron chi connectivity index (χ0n) is 6.79. The number of rotatable bonds is 3. The molecular weight excluding hydrogens is 158 g/mol. The van der Waals surface area contributed by atoms with Crippen molar-refractivity contribution in [1.29, 1.82) is 0 Å². The van der Waals surface area contributed by atoms with Crippen molar-refractivity contribution in [2.24, 2.45) is 0 Å². The molecule has 1 rings (SSSR count). The normalized spacial score (nSPS) is 23.1. The summed E-state index contributed by atoms with van der Waals surface area (Å²) in [7, 11) is 0. The van der Waals surface area contributed by atoms with E-state index in [0.29, 0.717) is 6.42 Å². The molecular formula is C8H13NO3. The summed E-state index contributed by atoms with van der Waals surface area (Å²) in [5.41, 5.74) is 0.933. The van der Waals surface area contributed by atoms with Crippen LogP contribution in [0.2, 0.25) is 0 Å². The summed E-state index contributed by atoms with van der Waals surface area (Å²) in [4.78, 5) is 10.2. The van der Waals surface area contributed by atoms with Crippen molar-refractivity contribution in [1.82, 2.24) is 5.32 Å². The van der Waals surface area contributed by atoms with Crippen LogP contribution in [0.5, 0.6) is 0 Å². The van der Waals surface area contributed by atoms with E-state index in [1.165, 1.54) is 0 Å². The van der Waals surface area contributed by atoms with Gasteiger partial charge in [-0.05, 0) is 19.3 Å². The minimum atomic E-state index is -0.859. The van der Waals surface area contributed by atoms with E-state index in [1.807, 2.05) is 6.08 Å². The number of carboxylic acids is 1. The Labute approximate surface area is 70.9 Å². The Balaban J connectivity index is 2.29. The first kappa shape index (κ1) is 9.06. The Bertz CT molecular complexity index is 200. The zero-order valence-corrected chi connectivity index (χ0v) is 6.79. The van der Waals surface area contributed by atoms with Crippen LogP contribution in [-0.2, 0) is 4.79 Å².